The summed E-state index contributed by atoms with van der Waals surface area (Å²) in [6, 6.07) is 23.0. The molecule has 4 aromatic rings. The smallest absolute Gasteiger partial charge is 0.329 e. The van der Waals surface area contributed by atoms with Crippen molar-refractivity contribution >= 4 is 50.8 Å². The number of nitrogens with one attached hydrogen (secondary N) is 3. The van der Waals surface area contributed by atoms with Gasteiger partial charge in [0.05, 0.1) is 17.9 Å². The summed E-state index contributed by atoms with van der Waals surface area (Å²) in [6.07, 6.45) is 4.97. The monoisotopic (exact) mass is 643 g/mol. The van der Waals surface area contributed by atoms with Crippen LogP contribution < -0.4 is 20.9 Å². The van der Waals surface area contributed by atoms with Gasteiger partial charge in [-0.05, 0) is 85.0 Å². The van der Waals surface area contributed by atoms with Crippen LogP contribution in [0.3, 0.4) is 0 Å². The SMILES string of the molecule is O=C(Cc1ccc(OCCCC(=O)N[C@@H](Cc2ccccc2)C(=O)OC2CCCC2)cc1)Nc1ccc2sc(C(=O)NO)cc2c1. The lowest BCUT2D eigenvalue weighted by molar-refractivity contribution is -0.152. The van der Waals surface area contributed by atoms with Gasteiger partial charge in [-0.3, -0.25) is 19.6 Å². The standard InChI is InChI=1S/C35H37N3O7S/c39-32(37-29(19-23-7-2-1-3-8-23)35(42)45-28-9-4-5-10-28)11-6-18-44-27-15-12-24(13-16-27)20-33(40)36-26-14-17-30-25(21-26)22-31(46-30)34(41)38-43/h1-3,7-8,12-17,21-22,28-29,43H,4-6,9-11,18-20H2,(H,36,40)(H,37,39)(H,38,41)/t29-/m0/s1. The number of carbonyl (C=O) groups is 4. The molecule has 10 nitrogen and oxygen atoms in total. The van der Waals surface area contributed by atoms with Crippen LogP contribution in [0.2, 0.25) is 0 Å². The Morgan fingerprint density at radius 2 is 1.65 bits per heavy atom. The van der Waals surface area contributed by atoms with Crippen LogP contribution >= 0.6 is 11.3 Å². The van der Waals surface area contributed by atoms with E-state index in [0.29, 0.717) is 35.8 Å². The maximum Gasteiger partial charge on any atom is 0.329 e. The second kappa shape index (κ2) is 16.0. The van der Waals surface area contributed by atoms with E-state index in [0.717, 1.165) is 46.9 Å². The van der Waals surface area contributed by atoms with Gasteiger partial charge in [-0.15, -0.1) is 11.3 Å². The van der Waals surface area contributed by atoms with Crippen molar-refractivity contribution in [1.29, 1.82) is 0 Å². The van der Waals surface area contributed by atoms with Crippen LogP contribution in [0.5, 0.6) is 5.75 Å². The van der Waals surface area contributed by atoms with Gasteiger partial charge in [-0.25, -0.2) is 10.3 Å². The van der Waals surface area contributed by atoms with Crippen molar-refractivity contribution in [1.82, 2.24) is 10.8 Å². The van der Waals surface area contributed by atoms with E-state index in [-0.39, 0.29) is 36.7 Å². The number of esters is 1. The highest BCUT2D eigenvalue weighted by Crippen LogP contribution is 2.28. The molecule has 240 valence electrons. The maximum atomic E-state index is 12.9. The molecule has 0 spiro atoms. The van der Waals surface area contributed by atoms with E-state index < -0.39 is 11.9 Å². The highest BCUT2D eigenvalue weighted by molar-refractivity contribution is 7.20. The van der Waals surface area contributed by atoms with Crippen molar-refractivity contribution in [3.8, 4) is 5.75 Å². The van der Waals surface area contributed by atoms with Crippen LogP contribution in [-0.4, -0.2) is 47.7 Å². The van der Waals surface area contributed by atoms with E-state index in [4.69, 9.17) is 14.7 Å². The van der Waals surface area contributed by atoms with E-state index in [1.54, 1.807) is 35.8 Å². The van der Waals surface area contributed by atoms with Gasteiger partial charge in [0.15, 0.2) is 0 Å². The average molecular weight is 644 g/mol. The molecule has 4 N–H and O–H groups in total. The normalized spacial score (nSPS) is 13.6. The van der Waals surface area contributed by atoms with Gasteiger partial charge in [0.25, 0.3) is 5.91 Å². The minimum atomic E-state index is -0.743. The molecular weight excluding hydrogens is 606 g/mol. The van der Waals surface area contributed by atoms with E-state index in [9.17, 15) is 19.2 Å². The Kier molecular flexibility index (Phi) is 11.4. The predicted molar refractivity (Wildman–Crippen MR) is 175 cm³/mol. The zero-order valence-corrected chi connectivity index (χ0v) is 26.1. The Labute approximate surface area is 271 Å². The molecule has 0 saturated heterocycles. The Balaban J connectivity index is 1.04. The minimum absolute atomic E-state index is 0.0719. The summed E-state index contributed by atoms with van der Waals surface area (Å²) in [6.45, 7) is 0.315. The molecule has 46 heavy (non-hydrogen) atoms. The number of anilines is 1. The summed E-state index contributed by atoms with van der Waals surface area (Å²) in [7, 11) is 0. The number of amides is 3. The van der Waals surface area contributed by atoms with Crippen LogP contribution in [0.1, 0.15) is 59.3 Å². The fourth-order valence-corrected chi connectivity index (χ4v) is 6.30. The molecule has 1 aliphatic rings. The lowest BCUT2D eigenvalue weighted by Gasteiger charge is -2.20. The molecule has 0 bridgehead atoms. The number of fused-ring (bicyclic) bond motifs is 1. The summed E-state index contributed by atoms with van der Waals surface area (Å²) in [5, 5.41) is 15.4. The number of hydrogen-bond donors (Lipinski definition) is 4. The molecule has 1 fully saturated rings. The molecule has 0 aliphatic heterocycles. The Morgan fingerprint density at radius 3 is 2.39 bits per heavy atom. The molecule has 11 heteroatoms. The highest BCUT2D eigenvalue weighted by atomic mass is 32.1. The molecule has 0 radical (unpaired) electrons. The lowest BCUT2D eigenvalue weighted by atomic mass is 10.1. The molecule has 1 aromatic heterocycles. The minimum Gasteiger partial charge on any atom is -0.494 e. The molecule has 1 atom stereocenters. The topological polar surface area (TPSA) is 143 Å². The quantitative estimate of drug-likeness (QED) is 0.0609. The molecule has 1 aliphatic carbocycles. The van der Waals surface area contributed by atoms with Crippen molar-refractivity contribution in [3.05, 3.63) is 94.9 Å². The molecule has 1 heterocycles. The third-order valence-electron chi connectivity index (χ3n) is 7.72. The van der Waals surface area contributed by atoms with Crippen molar-refractivity contribution in [2.24, 2.45) is 0 Å². The lowest BCUT2D eigenvalue weighted by Crippen LogP contribution is -2.44. The van der Waals surface area contributed by atoms with Crippen LogP contribution in [-0.2, 0) is 32.0 Å². The number of carbonyl (C=O) groups excluding carboxylic acids is 4. The van der Waals surface area contributed by atoms with Crippen LogP contribution in [0.25, 0.3) is 10.1 Å². The van der Waals surface area contributed by atoms with E-state index in [1.165, 1.54) is 11.3 Å². The first-order valence-corrected chi connectivity index (χ1v) is 16.2. The molecular formula is C35H37N3O7S. The number of benzene rings is 3. The summed E-state index contributed by atoms with van der Waals surface area (Å²) in [5.74, 6) is -0.771. The summed E-state index contributed by atoms with van der Waals surface area (Å²) in [4.78, 5) is 50.3. The van der Waals surface area contributed by atoms with Gasteiger partial charge in [0.1, 0.15) is 17.9 Å². The highest BCUT2D eigenvalue weighted by Gasteiger charge is 2.27. The predicted octanol–water partition coefficient (Wildman–Crippen LogP) is 5.57. The zero-order valence-electron chi connectivity index (χ0n) is 25.3. The molecule has 0 unspecified atom stereocenters. The molecule has 5 rings (SSSR count). The number of thiophene rings is 1. The second-order valence-corrected chi connectivity index (χ2v) is 12.4. The Bertz CT molecular complexity index is 1650. The first-order valence-electron chi connectivity index (χ1n) is 15.4. The first kappa shape index (κ1) is 32.6. The third-order valence-corrected chi connectivity index (χ3v) is 8.83. The van der Waals surface area contributed by atoms with Gasteiger partial charge in [-0.2, -0.15) is 0 Å². The molecule has 3 aromatic carbocycles. The van der Waals surface area contributed by atoms with E-state index >= 15 is 0 Å². The van der Waals surface area contributed by atoms with Crippen molar-refractivity contribution < 1.29 is 33.9 Å². The van der Waals surface area contributed by atoms with Crippen LogP contribution in [0.4, 0.5) is 5.69 Å². The van der Waals surface area contributed by atoms with Crippen LogP contribution in [0.15, 0.2) is 78.9 Å². The first-order chi connectivity index (χ1) is 22.4. The van der Waals surface area contributed by atoms with Gasteiger partial charge >= 0.3 is 5.97 Å². The number of rotatable bonds is 14. The number of hydroxylamine groups is 1. The van der Waals surface area contributed by atoms with Gasteiger partial charge in [0.2, 0.25) is 11.8 Å². The summed E-state index contributed by atoms with van der Waals surface area (Å²) < 4.78 is 12.4. The van der Waals surface area contributed by atoms with E-state index in [2.05, 4.69) is 10.6 Å². The van der Waals surface area contributed by atoms with E-state index in [1.807, 2.05) is 48.5 Å². The van der Waals surface area contributed by atoms with Crippen LogP contribution in [0, 0.1) is 0 Å². The Morgan fingerprint density at radius 1 is 0.891 bits per heavy atom. The molecule has 1 saturated carbocycles. The van der Waals surface area contributed by atoms with Gasteiger partial charge < -0.3 is 20.1 Å². The van der Waals surface area contributed by atoms with Crippen molar-refractivity contribution in [2.45, 2.75) is 63.5 Å². The summed E-state index contributed by atoms with van der Waals surface area (Å²) in [5.41, 5.74) is 3.98. The fourth-order valence-electron chi connectivity index (χ4n) is 5.37. The van der Waals surface area contributed by atoms with Gasteiger partial charge in [-0.1, -0.05) is 42.5 Å². The number of ether oxygens (including phenoxy) is 2. The largest absolute Gasteiger partial charge is 0.494 e. The molecule has 3 amide bonds. The van der Waals surface area contributed by atoms with Gasteiger partial charge in [0, 0.05) is 23.2 Å². The number of hydrogen-bond acceptors (Lipinski definition) is 8. The summed E-state index contributed by atoms with van der Waals surface area (Å²) >= 11 is 1.24. The zero-order chi connectivity index (χ0) is 32.3. The Hall–Kier alpha value is -4.74. The third kappa shape index (κ3) is 9.38. The maximum absolute atomic E-state index is 12.9. The van der Waals surface area contributed by atoms with Crippen molar-refractivity contribution in [2.75, 3.05) is 11.9 Å². The average Bonchev–Trinajstić information content (AvgIpc) is 3.73. The second-order valence-electron chi connectivity index (χ2n) is 11.3. The van der Waals surface area contributed by atoms with Crippen molar-refractivity contribution in [3.63, 3.8) is 0 Å². The fraction of sp³-hybridized carbons (Fsp3) is 0.314.